The monoisotopic (exact) mass is 367 g/mol. The van der Waals surface area contributed by atoms with E-state index in [1.165, 1.54) is 10.6 Å². The molecule has 2 aliphatic rings. The van der Waals surface area contributed by atoms with E-state index in [2.05, 4.69) is 19.6 Å². The molecule has 7 heteroatoms. The van der Waals surface area contributed by atoms with Gasteiger partial charge in [0.15, 0.2) is 8.32 Å². The van der Waals surface area contributed by atoms with E-state index in [-0.39, 0.29) is 12.1 Å². The molecule has 0 spiro atoms. The largest absolute Gasteiger partial charge is 0.408 e. The predicted molar refractivity (Wildman–Crippen MR) is 98.2 cm³/mol. The second-order valence-electron chi connectivity index (χ2n) is 7.40. The van der Waals surface area contributed by atoms with Crippen LogP contribution in [0.25, 0.3) is 0 Å². The maximum absolute atomic E-state index is 12.5. The summed E-state index contributed by atoms with van der Waals surface area (Å²) < 4.78 is 39.0. The summed E-state index contributed by atoms with van der Waals surface area (Å²) in [7, 11) is -3.63. The second kappa shape index (κ2) is 5.69. The van der Waals surface area contributed by atoms with Crippen molar-refractivity contribution in [1.29, 1.82) is 0 Å². The first-order chi connectivity index (χ1) is 11.1. The van der Waals surface area contributed by atoms with Crippen LogP contribution in [0.4, 0.5) is 5.69 Å². The summed E-state index contributed by atoms with van der Waals surface area (Å²) in [6.45, 7) is 6.38. The van der Waals surface area contributed by atoms with Gasteiger partial charge in [-0.05, 0) is 32.1 Å². The molecule has 1 aromatic carbocycles. The fourth-order valence-electron chi connectivity index (χ4n) is 3.89. The van der Waals surface area contributed by atoms with Gasteiger partial charge in [0.2, 0.25) is 10.0 Å². The Morgan fingerprint density at radius 3 is 2.50 bits per heavy atom. The lowest BCUT2D eigenvalue weighted by Gasteiger charge is -2.45. The van der Waals surface area contributed by atoms with Gasteiger partial charge in [0.1, 0.15) is 5.60 Å². The minimum Gasteiger partial charge on any atom is -0.408 e. The van der Waals surface area contributed by atoms with Crippen molar-refractivity contribution < 1.29 is 17.6 Å². The number of para-hydroxylation sites is 1. The number of methoxy groups -OCH3 is 1. The van der Waals surface area contributed by atoms with E-state index < -0.39 is 23.9 Å². The van der Waals surface area contributed by atoms with Crippen molar-refractivity contribution >= 4 is 24.0 Å². The van der Waals surface area contributed by atoms with Crippen LogP contribution in [-0.2, 0) is 24.8 Å². The third kappa shape index (κ3) is 2.63. The van der Waals surface area contributed by atoms with Crippen LogP contribution in [0.2, 0.25) is 19.6 Å². The molecule has 0 bridgehead atoms. The first-order valence-electron chi connectivity index (χ1n) is 8.10. The minimum atomic E-state index is -3.43. The van der Waals surface area contributed by atoms with E-state index >= 15 is 0 Å². The van der Waals surface area contributed by atoms with E-state index in [4.69, 9.17) is 9.16 Å². The maximum atomic E-state index is 12.5. The van der Waals surface area contributed by atoms with Crippen LogP contribution in [0.15, 0.2) is 36.4 Å². The van der Waals surface area contributed by atoms with Gasteiger partial charge < -0.3 is 9.16 Å². The van der Waals surface area contributed by atoms with Gasteiger partial charge in [-0.25, -0.2) is 8.42 Å². The summed E-state index contributed by atoms with van der Waals surface area (Å²) in [6.07, 6.45) is 5.59. The number of sulfonamides is 1. The number of benzene rings is 1. The van der Waals surface area contributed by atoms with Gasteiger partial charge in [-0.3, -0.25) is 4.31 Å². The number of rotatable bonds is 4. The summed E-state index contributed by atoms with van der Waals surface area (Å²) in [6, 6.07) is 7.25. The molecule has 3 unspecified atom stereocenters. The molecule has 5 nitrogen and oxygen atoms in total. The molecular weight excluding hydrogens is 342 g/mol. The van der Waals surface area contributed by atoms with Gasteiger partial charge in [0.25, 0.3) is 0 Å². The van der Waals surface area contributed by atoms with Crippen LogP contribution in [0.3, 0.4) is 0 Å². The van der Waals surface area contributed by atoms with E-state index in [0.29, 0.717) is 12.1 Å². The lowest BCUT2D eigenvalue weighted by atomic mass is 9.79. The zero-order valence-corrected chi connectivity index (χ0v) is 16.6. The Balaban J connectivity index is 2.23. The Morgan fingerprint density at radius 1 is 1.25 bits per heavy atom. The molecule has 0 saturated heterocycles. The lowest BCUT2D eigenvalue weighted by Crippen LogP contribution is -2.57. The van der Waals surface area contributed by atoms with E-state index in [9.17, 15) is 8.42 Å². The van der Waals surface area contributed by atoms with Crippen molar-refractivity contribution in [3.63, 3.8) is 0 Å². The van der Waals surface area contributed by atoms with E-state index in [1.807, 2.05) is 36.4 Å². The molecule has 0 radical (unpaired) electrons. The molecule has 1 aliphatic heterocycles. The van der Waals surface area contributed by atoms with Crippen molar-refractivity contribution in [2.75, 3.05) is 17.7 Å². The Morgan fingerprint density at radius 2 is 1.92 bits per heavy atom. The molecule has 1 aliphatic carbocycles. The third-order valence-corrected chi connectivity index (χ3v) is 6.74. The van der Waals surface area contributed by atoms with Gasteiger partial charge in [-0.2, -0.15) is 0 Å². The Labute approximate surface area is 145 Å². The predicted octanol–water partition coefficient (Wildman–Crippen LogP) is 2.86. The highest BCUT2D eigenvalue weighted by Gasteiger charge is 2.59. The van der Waals surface area contributed by atoms with Crippen molar-refractivity contribution in [1.82, 2.24) is 0 Å². The quantitative estimate of drug-likeness (QED) is 0.606. The summed E-state index contributed by atoms with van der Waals surface area (Å²) in [4.78, 5) is 0. The Bertz CT molecular complexity index is 771. The minimum absolute atomic E-state index is 0.305. The standard InChI is InChI=1S/C17H25NO4SSi/c1-21-17-13-9-6-7-10-14(13)18(23(2,19)20)15(17)11-8-12-16(17)22-24(3,4)5/h6-10,12,15-16H,11H2,1-5H3. The molecule has 0 aromatic heterocycles. The molecule has 1 heterocycles. The van der Waals surface area contributed by atoms with Gasteiger partial charge >= 0.3 is 0 Å². The molecule has 3 rings (SSSR count). The zero-order chi connectivity index (χ0) is 17.8. The lowest BCUT2D eigenvalue weighted by molar-refractivity contribution is -0.0949. The number of nitrogens with zero attached hydrogens (tertiary/aromatic N) is 1. The molecule has 1 aromatic rings. The number of hydrogen-bond donors (Lipinski definition) is 0. The van der Waals surface area contributed by atoms with Crippen LogP contribution < -0.4 is 4.31 Å². The molecule has 0 saturated carbocycles. The molecular formula is C17H25NO4SSi. The second-order valence-corrected chi connectivity index (χ2v) is 13.7. The summed E-state index contributed by atoms with van der Waals surface area (Å²) >= 11 is 0. The van der Waals surface area contributed by atoms with Gasteiger partial charge in [-0.1, -0.05) is 30.4 Å². The Hall–Kier alpha value is -1.15. The van der Waals surface area contributed by atoms with Crippen molar-refractivity contribution in [3.05, 3.63) is 42.0 Å². The third-order valence-electron chi connectivity index (χ3n) is 4.61. The topological polar surface area (TPSA) is 55.8 Å². The number of hydrogen-bond acceptors (Lipinski definition) is 4. The van der Waals surface area contributed by atoms with E-state index in [1.54, 1.807) is 7.11 Å². The van der Waals surface area contributed by atoms with Gasteiger partial charge in [0.05, 0.1) is 24.1 Å². The fourth-order valence-corrected chi connectivity index (χ4v) is 6.12. The summed E-state index contributed by atoms with van der Waals surface area (Å²) in [5, 5.41) is 0. The molecule has 24 heavy (non-hydrogen) atoms. The first kappa shape index (κ1) is 17.7. The van der Waals surface area contributed by atoms with Crippen LogP contribution in [0.1, 0.15) is 12.0 Å². The molecule has 0 fully saturated rings. The molecule has 0 N–H and O–H groups in total. The van der Waals surface area contributed by atoms with Crippen LogP contribution in [0, 0.1) is 0 Å². The molecule has 132 valence electrons. The highest BCUT2D eigenvalue weighted by Crippen LogP contribution is 2.53. The fraction of sp³-hybridized carbons (Fsp3) is 0.529. The summed E-state index contributed by atoms with van der Waals surface area (Å²) in [5.41, 5.74) is 0.768. The average Bonchev–Trinajstić information content (AvgIpc) is 2.77. The zero-order valence-electron chi connectivity index (χ0n) is 14.8. The van der Waals surface area contributed by atoms with Crippen molar-refractivity contribution in [2.45, 2.75) is 43.8 Å². The number of ether oxygens (including phenoxy) is 1. The number of fused-ring (bicyclic) bond motifs is 3. The SMILES string of the molecule is COC12c3ccccc3N(S(C)(=O)=O)C1CC=CC2O[Si](C)(C)C. The van der Waals surface area contributed by atoms with Crippen molar-refractivity contribution in [2.24, 2.45) is 0 Å². The smallest absolute Gasteiger partial charge is 0.232 e. The normalized spacial score (nSPS) is 29.5. The average molecular weight is 368 g/mol. The van der Waals surface area contributed by atoms with Crippen LogP contribution in [-0.4, -0.2) is 42.2 Å². The summed E-state index contributed by atoms with van der Waals surface area (Å²) in [5.74, 6) is 0. The molecule has 3 atom stereocenters. The van der Waals surface area contributed by atoms with Gasteiger partial charge in [-0.15, -0.1) is 0 Å². The molecule has 0 amide bonds. The van der Waals surface area contributed by atoms with Gasteiger partial charge in [0, 0.05) is 12.7 Å². The Kier molecular flexibility index (Phi) is 4.19. The number of anilines is 1. The first-order valence-corrected chi connectivity index (χ1v) is 13.4. The maximum Gasteiger partial charge on any atom is 0.232 e. The highest BCUT2D eigenvalue weighted by molar-refractivity contribution is 7.92. The van der Waals surface area contributed by atoms with Crippen LogP contribution >= 0.6 is 0 Å². The van der Waals surface area contributed by atoms with Crippen molar-refractivity contribution in [3.8, 4) is 0 Å². The highest BCUT2D eigenvalue weighted by atomic mass is 32.2. The van der Waals surface area contributed by atoms with Crippen LogP contribution in [0.5, 0.6) is 0 Å². The van der Waals surface area contributed by atoms with E-state index in [0.717, 1.165) is 5.56 Å².